The average molecular weight is 825 g/mol. The summed E-state index contributed by atoms with van der Waals surface area (Å²) in [7, 11) is 0. The van der Waals surface area contributed by atoms with Crippen molar-refractivity contribution in [1.82, 2.24) is 0 Å². The van der Waals surface area contributed by atoms with E-state index in [9.17, 15) is 8.78 Å². The lowest BCUT2D eigenvalue weighted by molar-refractivity contribution is -0.185. The molecule has 348 valence electrons. The van der Waals surface area contributed by atoms with E-state index in [0.717, 1.165) is 91.0 Å². The fraction of sp³-hybridized carbons (Fsp3) is 1.00. The van der Waals surface area contributed by atoms with Gasteiger partial charge in [0.05, 0.1) is 26.4 Å². The molecule has 3 aliphatic carbocycles. The van der Waals surface area contributed by atoms with Crippen LogP contribution in [0, 0.1) is 86.3 Å². The highest BCUT2D eigenvalue weighted by Gasteiger charge is 2.57. The van der Waals surface area contributed by atoms with Crippen LogP contribution in [-0.2, 0) is 9.47 Å². The van der Waals surface area contributed by atoms with Gasteiger partial charge in [0.25, 0.3) is 0 Å². The molecule has 0 atom stereocenters. The molecule has 2 nitrogen and oxygen atoms in total. The van der Waals surface area contributed by atoms with Crippen LogP contribution in [0.15, 0.2) is 0 Å². The van der Waals surface area contributed by atoms with Crippen molar-refractivity contribution in [2.75, 3.05) is 26.4 Å². The maximum Gasteiger partial charge on any atom is 0.249 e. The van der Waals surface area contributed by atoms with Gasteiger partial charge in [-0.25, -0.2) is 8.78 Å². The van der Waals surface area contributed by atoms with E-state index in [1.54, 1.807) is 0 Å². The van der Waals surface area contributed by atoms with Gasteiger partial charge in [0.2, 0.25) is 5.92 Å². The number of ether oxygens (including phenoxy) is 2. The summed E-state index contributed by atoms with van der Waals surface area (Å²) >= 11 is 0. The van der Waals surface area contributed by atoms with E-state index in [0.29, 0.717) is 22.7 Å². The summed E-state index contributed by atoms with van der Waals surface area (Å²) in [6, 6.07) is 0. The van der Waals surface area contributed by atoms with E-state index in [-0.39, 0.29) is 18.3 Å². The van der Waals surface area contributed by atoms with Crippen LogP contribution in [0.4, 0.5) is 8.78 Å². The first-order valence-corrected chi connectivity index (χ1v) is 25.0. The Morgan fingerprint density at radius 1 is 0.362 bits per heavy atom. The Morgan fingerprint density at radius 3 is 0.862 bits per heavy atom. The highest BCUT2D eigenvalue weighted by molar-refractivity contribution is 5.01. The zero-order chi connectivity index (χ0) is 44.9. The Kier molecular flexibility index (Phi) is 23.1. The Hall–Kier alpha value is -0.220. The van der Waals surface area contributed by atoms with Gasteiger partial charge in [0.1, 0.15) is 0 Å². The molecule has 0 unspecified atom stereocenters. The summed E-state index contributed by atoms with van der Waals surface area (Å²) in [5.74, 6) is 5.39. The SMILES string of the molecule is CC(C)CC1(C(C)C)CC(F)(F)C1.CC(C)CC1(C(C)C)CC1.CC(C)CC1(CC(C)C)COC1.CC(C)CCC1(C(C)C)CC1.CC(C)CCC1(C(C)C)COC1. The van der Waals surface area contributed by atoms with Crippen molar-refractivity contribution in [1.29, 1.82) is 0 Å². The predicted octanol–water partition coefficient (Wildman–Crippen LogP) is 17.6. The van der Waals surface area contributed by atoms with Crippen LogP contribution < -0.4 is 0 Å². The molecule has 3 saturated carbocycles. The van der Waals surface area contributed by atoms with Crippen LogP contribution in [0.1, 0.15) is 228 Å². The van der Waals surface area contributed by atoms with Crippen LogP contribution in [0.25, 0.3) is 0 Å². The van der Waals surface area contributed by atoms with Gasteiger partial charge < -0.3 is 9.47 Å². The molecule has 0 N–H and O–H groups in total. The summed E-state index contributed by atoms with van der Waals surface area (Å²) < 4.78 is 36.4. The van der Waals surface area contributed by atoms with Gasteiger partial charge in [0, 0.05) is 23.7 Å². The van der Waals surface area contributed by atoms with Gasteiger partial charge in [-0.3, -0.25) is 0 Å². The molecule has 5 rings (SSSR count). The third-order valence-corrected chi connectivity index (χ3v) is 15.3. The summed E-state index contributed by atoms with van der Waals surface area (Å²) in [5, 5.41) is 0. The van der Waals surface area contributed by atoms with Crippen LogP contribution >= 0.6 is 0 Å². The van der Waals surface area contributed by atoms with Crippen LogP contribution in [-0.4, -0.2) is 32.4 Å². The minimum absolute atomic E-state index is 0.0718. The summed E-state index contributed by atoms with van der Waals surface area (Å²) in [4.78, 5) is 0. The molecule has 0 spiro atoms. The lowest BCUT2D eigenvalue weighted by Gasteiger charge is -2.51. The van der Waals surface area contributed by atoms with Crippen molar-refractivity contribution in [2.45, 2.75) is 234 Å². The maximum atomic E-state index is 12.8. The lowest BCUT2D eigenvalue weighted by atomic mass is 9.57. The highest BCUT2D eigenvalue weighted by Crippen LogP contribution is 2.59. The third-order valence-electron chi connectivity index (χ3n) is 15.3. The molecule has 0 amide bonds. The average Bonchev–Trinajstić information content (AvgIpc) is 3.94. The van der Waals surface area contributed by atoms with Crippen LogP contribution in [0.3, 0.4) is 0 Å². The molecule has 0 aromatic carbocycles. The van der Waals surface area contributed by atoms with E-state index in [1.807, 2.05) is 0 Å². The zero-order valence-corrected chi connectivity index (χ0v) is 43.1. The normalized spacial score (nSPS) is 22.3. The second-order valence-electron chi connectivity index (χ2n) is 25.0. The van der Waals surface area contributed by atoms with Crippen molar-refractivity contribution in [2.24, 2.45) is 86.3 Å². The molecule has 4 heteroatoms. The Morgan fingerprint density at radius 2 is 0.672 bits per heavy atom. The molecule has 0 aromatic rings. The minimum Gasteiger partial charge on any atom is -0.380 e. The second-order valence-corrected chi connectivity index (χ2v) is 25.0. The monoisotopic (exact) mass is 825 g/mol. The summed E-state index contributed by atoms with van der Waals surface area (Å²) in [6.45, 7) is 49.7. The van der Waals surface area contributed by atoms with E-state index in [2.05, 4.69) is 138 Å². The third kappa shape index (κ3) is 19.0. The van der Waals surface area contributed by atoms with Crippen molar-refractivity contribution in [3.05, 3.63) is 0 Å². The highest BCUT2D eigenvalue weighted by atomic mass is 19.3. The lowest BCUT2D eigenvalue weighted by Crippen LogP contribution is -2.49. The van der Waals surface area contributed by atoms with Crippen molar-refractivity contribution in [3.8, 4) is 0 Å². The molecule has 0 aromatic heterocycles. The fourth-order valence-electron chi connectivity index (χ4n) is 10.6. The molecule has 58 heavy (non-hydrogen) atoms. The fourth-order valence-corrected chi connectivity index (χ4v) is 10.6. The number of hydrogen-bond acceptors (Lipinski definition) is 2. The second kappa shape index (κ2) is 24.0. The molecule has 0 radical (unpaired) electrons. The molecule has 0 bridgehead atoms. The first-order valence-electron chi connectivity index (χ1n) is 25.0. The van der Waals surface area contributed by atoms with E-state index in [1.165, 1.54) is 70.6 Å². The maximum absolute atomic E-state index is 12.8. The molecule has 2 heterocycles. The van der Waals surface area contributed by atoms with Crippen LogP contribution in [0.2, 0.25) is 0 Å². The van der Waals surface area contributed by atoms with Gasteiger partial charge in [-0.05, 0) is 140 Å². The number of rotatable bonds is 18. The van der Waals surface area contributed by atoms with E-state index < -0.39 is 5.92 Å². The number of halogens is 2. The molecule has 2 saturated heterocycles. The molecule has 5 aliphatic rings. The van der Waals surface area contributed by atoms with Gasteiger partial charge in [-0.15, -0.1) is 0 Å². The Labute approximate surface area is 364 Å². The predicted molar refractivity (Wildman–Crippen MR) is 252 cm³/mol. The topological polar surface area (TPSA) is 18.5 Å². The molecule has 5 fully saturated rings. The smallest absolute Gasteiger partial charge is 0.249 e. The van der Waals surface area contributed by atoms with E-state index in [4.69, 9.17) is 9.47 Å². The zero-order valence-electron chi connectivity index (χ0n) is 43.1. The number of alkyl halides is 2. The quantitative estimate of drug-likeness (QED) is 0.137. The van der Waals surface area contributed by atoms with Crippen molar-refractivity contribution >= 4 is 0 Å². The molecular weight excluding hydrogens is 719 g/mol. The van der Waals surface area contributed by atoms with E-state index >= 15 is 0 Å². The molecule has 2 aliphatic heterocycles. The Balaban J connectivity index is 0.000000363. The Bertz CT molecular complexity index is 1050. The number of hydrogen-bond donors (Lipinski definition) is 0. The molecular formula is C54H106F2O2. The minimum atomic E-state index is -2.38. The first kappa shape index (κ1) is 55.8. The van der Waals surface area contributed by atoms with Gasteiger partial charge in [-0.2, -0.15) is 0 Å². The van der Waals surface area contributed by atoms with Crippen LogP contribution in [0.5, 0.6) is 0 Å². The van der Waals surface area contributed by atoms with Gasteiger partial charge in [0.15, 0.2) is 0 Å². The summed E-state index contributed by atoms with van der Waals surface area (Å²) in [6.07, 6.45) is 16.9. The first-order chi connectivity index (χ1) is 26.5. The standard InChI is InChI=1S/C11H20F2.2C11H22O.C11H22.C10H20/c1-8(2)5-10(9(3)4)6-11(12,13)7-10;1-9(2)5-11(6-10(3)4)7-12-8-11;1-9(2)5-6-11(10(3)4)7-12-8-11;1-9(2)5-6-11(7-8-11)10(3)4;1-8(2)7-10(5-6-10)9(3)4/h8-9H,5-7H2,1-4H3;2*9-10H,5-8H2,1-4H3;9-10H,5-8H2,1-4H3;8-9H,5-7H2,1-4H3. The van der Waals surface area contributed by atoms with Gasteiger partial charge in [-0.1, -0.05) is 151 Å². The van der Waals surface area contributed by atoms with Crippen molar-refractivity contribution in [3.63, 3.8) is 0 Å². The van der Waals surface area contributed by atoms with Gasteiger partial charge >= 0.3 is 0 Å². The largest absolute Gasteiger partial charge is 0.380 e. The van der Waals surface area contributed by atoms with Crippen molar-refractivity contribution < 1.29 is 18.3 Å². The summed E-state index contributed by atoms with van der Waals surface area (Å²) in [5.41, 5.74) is 2.56.